The summed E-state index contributed by atoms with van der Waals surface area (Å²) in [6.07, 6.45) is -4.97. The predicted molar refractivity (Wildman–Crippen MR) is 162 cm³/mol. The summed E-state index contributed by atoms with van der Waals surface area (Å²) in [5.74, 6) is -0.602. The maximum absolute atomic E-state index is 9.01. The lowest BCUT2D eigenvalue weighted by Gasteiger charge is -2.37. The van der Waals surface area contributed by atoms with Crippen molar-refractivity contribution in [3.8, 4) is 0 Å². The number of rotatable bonds is 27. The maximum atomic E-state index is 9.01. The number of hydrogen-bond acceptors (Lipinski definition) is 20. The Morgan fingerprint density at radius 1 is 0.438 bits per heavy atom. The van der Waals surface area contributed by atoms with Crippen LogP contribution in [-0.4, -0.2) is 144 Å². The van der Waals surface area contributed by atoms with E-state index in [1.807, 2.05) is 0 Å². The zero-order chi connectivity index (χ0) is 36.2. The van der Waals surface area contributed by atoms with Gasteiger partial charge in [-0.2, -0.15) is 0 Å². The number of nitrogens with two attached hydrogens (primary N) is 6. The molecule has 0 aliphatic heterocycles. The first-order valence-electron chi connectivity index (χ1n) is 13.7. The van der Waals surface area contributed by atoms with E-state index in [1.54, 1.807) is 0 Å². The highest BCUT2D eigenvalue weighted by molar-refractivity contribution is 5.80. The predicted octanol–water partition coefficient (Wildman–Crippen LogP) is -3.54. The van der Waals surface area contributed by atoms with Gasteiger partial charge in [0.05, 0.1) is 39.6 Å². The highest BCUT2D eigenvalue weighted by Gasteiger charge is 2.39. The quantitative estimate of drug-likeness (QED) is 0.00984. The fourth-order valence-corrected chi connectivity index (χ4v) is 3.28. The van der Waals surface area contributed by atoms with Crippen LogP contribution in [0.15, 0.2) is 30.9 Å². The molecule has 0 aliphatic carbocycles. The molecule has 0 fully saturated rings. The fourth-order valence-electron chi connectivity index (χ4n) is 3.28. The lowest BCUT2D eigenvalue weighted by atomic mass is 10.0. The normalized spacial score (nSPS) is 16.3. The van der Waals surface area contributed by atoms with Gasteiger partial charge in [0.15, 0.2) is 13.6 Å². The molecule has 4 atom stereocenters. The van der Waals surface area contributed by atoms with E-state index in [2.05, 4.69) is 30.9 Å². The third kappa shape index (κ3) is 20.2. The lowest BCUT2D eigenvalue weighted by Crippen LogP contribution is -2.53. The molecular weight excluding hydrogens is 656 g/mol. The van der Waals surface area contributed by atoms with Gasteiger partial charge < -0.3 is 104 Å². The minimum Gasteiger partial charge on any atom is -0.436 e. The van der Waals surface area contributed by atoms with Gasteiger partial charge in [0.2, 0.25) is 0 Å². The average molecular weight is 703 g/mol. The van der Waals surface area contributed by atoms with Crippen molar-refractivity contribution in [2.75, 3.05) is 53.2 Å². The van der Waals surface area contributed by atoms with Gasteiger partial charge in [0.25, 0.3) is 0 Å². The van der Waals surface area contributed by atoms with Crippen molar-refractivity contribution in [1.29, 1.82) is 0 Å². The first-order valence-corrected chi connectivity index (χ1v) is 13.7. The third-order valence-corrected chi connectivity index (χ3v) is 5.65. The standard InChI is InChI=1S/C22H46N12O14/c23-15(29-35)1-5-41-9-13(43-7-3-17(25)31-37)20(46-12-48-22(28)34-40)19(44-8-4-18(26)32-38)14(45-11-47-21(27)33-39)10-42-6-2-16(24)30-36/h13-14,19-20,35-40H,1-12H2,(H2,23,29)(H2,24,30)(H2,25,31)(H2,26,32)(H2,27,33)(H2,28,34). The molecule has 0 spiro atoms. The molecule has 0 aromatic heterocycles. The Morgan fingerprint density at radius 2 is 0.792 bits per heavy atom. The van der Waals surface area contributed by atoms with Crippen molar-refractivity contribution in [3.05, 3.63) is 0 Å². The van der Waals surface area contributed by atoms with E-state index in [9.17, 15) is 0 Å². The fraction of sp³-hybridized carbons (Fsp3) is 0.727. The SMILES string of the molecule is NC(CCOCC(OCCC(N)=NO)C(OCOC(N)=NO)C(OCCC(N)=NO)C(COCC/C(N)=N/O)OCOC(N)=NO)=NO. The van der Waals surface area contributed by atoms with E-state index in [0.29, 0.717) is 0 Å². The van der Waals surface area contributed by atoms with Gasteiger partial charge in [-0.15, -0.1) is 0 Å². The molecule has 278 valence electrons. The highest BCUT2D eigenvalue weighted by atomic mass is 16.7. The van der Waals surface area contributed by atoms with Gasteiger partial charge in [-0.05, 0) is 10.3 Å². The maximum Gasteiger partial charge on any atom is 0.323 e. The molecule has 26 nitrogen and oxygen atoms in total. The van der Waals surface area contributed by atoms with Crippen LogP contribution in [0, 0.1) is 0 Å². The van der Waals surface area contributed by atoms with Crippen molar-refractivity contribution in [3.63, 3.8) is 0 Å². The summed E-state index contributed by atoms with van der Waals surface area (Å²) in [6.45, 7) is -2.34. The van der Waals surface area contributed by atoms with Gasteiger partial charge in [0.1, 0.15) is 47.8 Å². The molecule has 0 bridgehead atoms. The molecule has 0 aromatic carbocycles. The average Bonchev–Trinajstić information content (AvgIpc) is 3.10. The molecule has 48 heavy (non-hydrogen) atoms. The topological polar surface area (TPSA) is 426 Å². The third-order valence-electron chi connectivity index (χ3n) is 5.65. The van der Waals surface area contributed by atoms with Crippen molar-refractivity contribution in [2.45, 2.75) is 50.1 Å². The van der Waals surface area contributed by atoms with Crippen molar-refractivity contribution >= 4 is 35.4 Å². The van der Waals surface area contributed by atoms with Gasteiger partial charge in [-0.25, -0.2) is 0 Å². The highest BCUT2D eigenvalue weighted by Crippen LogP contribution is 2.21. The minimum atomic E-state index is -1.29. The molecule has 26 heteroatoms. The summed E-state index contributed by atoms with van der Waals surface area (Å²) in [6, 6.07) is -1.31. The first-order chi connectivity index (χ1) is 23.1. The molecule has 4 unspecified atom stereocenters. The van der Waals surface area contributed by atoms with Crippen LogP contribution in [0.1, 0.15) is 25.7 Å². The van der Waals surface area contributed by atoms with Gasteiger partial charge in [-0.1, -0.05) is 20.6 Å². The Morgan fingerprint density at radius 3 is 1.21 bits per heavy atom. The number of nitrogens with zero attached hydrogens (tertiary/aromatic N) is 6. The summed E-state index contributed by atoms with van der Waals surface area (Å²) in [7, 11) is 0. The zero-order valence-electron chi connectivity index (χ0n) is 25.9. The van der Waals surface area contributed by atoms with E-state index >= 15 is 0 Å². The van der Waals surface area contributed by atoms with Crippen LogP contribution in [0.3, 0.4) is 0 Å². The molecule has 0 heterocycles. The summed E-state index contributed by atoms with van der Waals surface area (Å²) in [4.78, 5) is 0. The van der Waals surface area contributed by atoms with Crippen LogP contribution in [0.2, 0.25) is 0 Å². The van der Waals surface area contributed by atoms with E-state index < -0.39 is 50.0 Å². The molecule has 0 saturated heterocycles. The van der Waals surface area contributed by atoms with Crippen molar-refractivity contribution in [2.24, 2.45) is 65.3 Å². The Bertz CT molecular complexity index is 969. The largest absolute Gasteiger partial charge is 0.436 e. The molecule has 18 N–H and O–H groups in total. The van der Waals surface area contributed by atoms with E-state index in [1.165, 1.54) is 0 Å². The van der Waals surface area contributed by atoms with E-state index in [0.717, 1.165) is 0 Å². The first kappa shape index (κ1) is 43.0. The molecule has 0 rings (SSSR count). The molecule has 0 saturated carbocycles. The monoisotopic (exact) mass is 702 g/mol. The number of hydrogen-bond donors (Lipinski definition) is 12. The van der Waals surface area contributed by atoms with E-state index in [4.69, 9.17) is 104 Å². The van der Waals surface area contributed by atoms with Crippen LogP contribution in [0.25, 0.3) is 0 Å². The Balaban J connectivity index is 6.69. The molecule has 0 amide bonds. The van der Waals surface area contributed by atoms with Crippen LogP contribution < -0.4 is 34.4 Å². The second-order valence-electron chi connectivity index (χ2n) is 9.00. The van der Waals surface area contributed by atoms with E-state index in [-0.39, 0.29) is 88.7 Å². The van der Waals surface area contributed by atoms with Crippen molar-refractivity contribution < 1.29 is 69.1 Å². The Hall–Kier alpha value is -5.02. The zero-order valence-corrected chi connectivity index (χ0v) is 25.9. The summed E-state index contributed by atoms with van der Waals surface area (Å²) in [5, 5.41) is 70.3. The minimum absolute atomic E-state index is 0.0140. The lowest BCUT2D eigenvalue weighted by molar-refractivity contribution is -0.219. The van der Waals surface area contributed by atoms with Gasteiger partial charge in [0, 0.05) is 25.7 Å². The van der Waals surface area contributed by atoms with Gasteiger partial charge in [-0.3, -0.25) is 0 Å². The number of oxime groups is 6. The number of ether oxygens (including phenoxy) is 8. The van der Waals surface area contributed by atoms with Crippen molar-refractivity contribution in [1.82, 2.24) is 0 Å². The molecule has 0 radical (unpaired) electrons. The molecule has 0 aromatic rings. The van der Waals surface area contributed by atoms with Crippen LogP contribution in [0.5, 0.6) is 0 Å². The second-order valence-corrected chi connectivity index (χ2v) is 9.00. The van der Waals surface area contributed by atoms with Crippen LogP contribution >= 0.6 is 0 Å². The van der Waals surface area contributed by atoms with Gasteiger partial charge >= 0.3 is 12.0 Å². The van der Waals surface area contributed by atoms with Crippen LogP contribution in [0.4, 0.5) is 0 Å². The summed E-state index contributed by atoms with van der Waals surface area (Å²) in [5.41, 5.74) is 33.0. The van der Waals surface area contributed by atoms with Crippen LogP contribution in [-0.2, 0) is 37.9 Å². The smallest absolute Gasteiger partial charge is 0.323 e. The number of amidine groups is 6. The summed E-state index contributed by atoms with van der Waals surface area (Å²) < 4.78 is 45.2. The molecule has 0 aliphatic rings. The molecular formula is C22H46N12O14. The summed E-state index contributed by atoms with van der Waals surface area (Å²) >= 11 is 0. The Labute approximate surface area is 273 Å². The Kier molecular flexibility index (Phi) is 24.3. The second kappa shape index (κ2) is 27.1.